The topological polar surface area (TPSA) is 20.2 Å². The van der Waals surface area contributed by atoms with Crippen molar-refractivity contribution in [2.45, 2.75) is 39.3 Å². The van der Waals surface area contributed by atoms with Crippen LogP contribution in [0.1, 0.15) is 27.2 Å². The highest BCUT2D eigenvalue weighted by molar-refractivity contribution is 6.50. The maximum absolute atomic E-state index is 9.36. The van der Waals surface area contributed by atoms with Crippen molar-refractivity contribution in [3.63, 3.8) is 0 Å². The van der Waals surface area contributed by atoms with E-state index >= 15 is 0 Å². The first kappa shape index (κ1) is 9.18. The van der Waals surface area contributed by atoms with Crippen molar-refractivity contribution >= 4 is 9.04 Å². The molecular weight excluding hydrogens is 128 g/mol. The van der Waals surface area contributed by atoms with Gasteiger partial charge in [0, 0.05) is 0 Å². The van der Waals surface area contributed by atoms with Crippen LogP contribution in [0.3, 0.4) is 0 Å². The number of rotatable bonds is 4. The zero-order chi connectivity index (χ0) is 7.28. The second-order valence-corrected chi connectivity index (χ2v) is 5.43. The lowest BCUT2D eigenvalue weighted by Gasteiger charge is -2.08. The molecule has 0 aromatic carbocycles. The molecule has 0 saturated carbocycles. The lowest BCUT2D eigenvalue weighted by molar-refractivity contribution is 0.542. The van der Waals surface area contributed by atoms with Crippen LogP contribution in [0.4, 0.5) is 0 Å². The molecule has 2 heteroatoms. The standard InChI is InChI=1S/C7H18OSi/c1-4-5-9(8)6-7(2)3/h7-9H,4-6H2,1-3H3. The van der Waals surface area contributed by atoms with E-state index in [1.807, 2.05) is 0 Å². The lowest BCUT2D eigenvalue weighted by atomic mass is 10.3. The third-order valence-corrected chi connectivity index (χ3v) is 4.10. The second kappa shape index (κ2) is 5.00. The minimum Gasteiger partial charge on any atom is -0.435 e. The smallest absolute Gasteiger partial charge is 0.172 e. The van der Waals surface area contributed by atoms with Crippen LogP contribution in [-0.2, 0) is 0 Å². The molecule has 0 radical (unpaired) electrons. The zero-order valence-corrected chi connectivity index (χ0v) is 7.88. The second-order valence-electron chi connectivity index (χ2n) is 3.07. The van der Waals surface area contributed by atoms with Crippen molar-refractivity contribution in [3.8, 4) is 0 Å². The summed E-state index contributed by atoms with van der Waals surface area (Å²) < 4.78 is 0. The van der Waals surface area contributed by atoms with Crippen LogP contribution in [0.5, 0.6) is 0 Å². The fourth-order valence-electron chi connectivity index (χ4n) is 0.995. The molecule has 0 aliphatic heterocycles. The number of hydrogen-bond acceptors (Lipinski definition) is 1. The summed E-state index contributed by atoms with van der Waals surface area (Å²) in [5, 5.41) is 0. The van der Waals surface area contributed by atoms with Crippen LogP contribution in [0.25, 0.3) is 0 Å². The SMILES string of the molecule is CCC[SiH](O)CC(C)C. The molecule has 0 amide bonds. The van der Waals surface area contributed by atoms with Gasteiger partial charge in [0.15, 0.2) is 9.04 Å². The van der Waals surface area contributed by atoms with Gasteiger partial charge in [0.25, 0.3) is 0 Å². The van der Waals surface area contributed by atoms with Gasteiger partial charge >= 0.3 is 0 Å². The molecule has 0 spiro atoms. The average Bonchev–Trinajstić information content (AvgIpc) is 1.63. The Bertz CT molecular complexity index is 63.9. The molecule has 0 bridgehead atoms. The Balaban J connectivity index is 3.15. The van der Waals surface area contributed by atoms with Gasteiger partial charge in [-0.15, -0.1) is 0 Å². The maximum atomic E-state index is 9.36. The summed E-state index contributed by atoms with van der Waals surface area (Å²) in [6, 6.07) is 2.19. The Morgan fingerprint density at radius 1 is 1.44 bits per heavy atom. The van der Waals surface area contributed by atoms with Crippen LogP contribution >= 0.6 is 0 Å². The summed E-state index contributed by atoms with van der Waals surface area (Å²) in [6.07, 6.45) is 1.15. The first-order valence-corrected chi connectivity index (χ1v) is 5.99. The molecule has 0 heterocycles. The van der Waals surface area contributed by atoms with Gasteiger partial charge in [-0.25, -0.2) is 0 Å². The highest BCUT2D eigenvalue weighted by Crippen LogP contribution is 2.07. The fraction of sp³-hybridized carbons (Fsp3) is 1.00. The number of hydrogen-bond donors (Lipinski definition) is 1. The van der Waals surface area contributed by atoms with Crippen molar-refractivity contribution in [1.29, 1.82) is 0 Å². The Kier molecular flexibility index (Phi) is 5.10. The molecule has 1 nitrogen and oxygen atoms in total. The van der Waals surface area contributed by atoms with Crippen molar-refractivity contribution in [2.24, 2.45) is 5.92 Å². The van der Waals surface area contributed by atoms with Gasteiger partial charge < -0.3 is 4.80 Å². The normalized spacial score (nSPS) is 14.3. The molecule has 1 unspecified atom stereocenters. The van der Waals surface area contributed by atoms with E-state index in [0.29, 0.717) is 5.92 Å². The van der Waals surface area contributed by atoms with Gasteiger partial charge in [-0.2, -0.15) is 0 Å². The highest BCUT2D eigenvalue weighted by Gasteiger charge is 2.06. The summed E-state index contributed by atoms with van der Waals surface area (Å²) in [6.45, 7) is 6.48. The van der Waals surface area contributed by atoms with Crippen molar-refractivity contribution in [2.75, 3.05) is 0 Å². The summed E-state index contributed by atoms with van der Waals surface area (Å²) in [7, 11) is -1.26. The maximum Gasteiger partial charge on any atom is 0.172 e. The molecule has 0 aromatic rings. The summed E-state index contributed by atoms with van der Waals surface area (Å²) in [4.78, 5) is 9.36. The molecule has 0 rings (SSSR count). The Morgan fingerprint density at radius 2 is 2.00 bits per heavy atom. The molecule has 1 N–H and O–H groups in total. The molecule has 9 heavy (non-hydrogen) atoms. The van der Waals surface area contributed by atoms with Gasteiger partial charge in [0.05, 0.1) is 0 Å². The highest BCUT2D eigenvalue weighted by atomic mass is 28.3. The van der Waals surface area contributed by atoms with Gasteiger partial charge in [0.2, 0.25) is 0 Å². The predicted molar refractivity (Wildman–Crippen MR) is 44.1 cm³/mol. The zero-order valence-electron chi connectivity index (χ0n) is 6.72. The first-order chi connectivity index (χ1) is 4.16. The molecule has 0 aliphatic rings. The Labute approximate surface area is 59.8 Å². The minimum atomic E-state index is -1.26. The lowest BCUT2D eigenvalue weighted by Crippen LogP contribution is -2.13. The van der Waals surface area contributed by atoms with E-state index in [0.717, 1.165) is 18.5 Å². The van der Waals surface area contributed by atoms with E-state index in [1.54, 1.807) is 0 Å². The van der Waals surface area contributed by atoms with Gasteiger partial charge in [-0.05, 0) is 18.0 Å². The monoisotopic (exact) mass is 146 g/mol. The predicted octanol–water partition coefficient (Wildman–Crippen LogP) is 1.77. The van der Waals surface area contributed by atoms with E-state index in [4.69, 9.17) is 0 Å². The fourth-order valence-corrected chi connectivity index (χ4v) is 2.99. The van der Waals surface area contributed by atoms with E-state index in [1.165, 1.54) is 0 Å². The van der Waals surface area contributed by atoms with Crippen molar-refractivity contribution in [3.05, 3.63) is 0 Å². The van der Waals surface area contributed by atoms with Crippen LogP contribution in [0.15, 0.2) is 0 Å². The third-order valence-electron chi connectivity index (χ3n) is 1.37. The summed E-state index contributed by atoms with van der Waals surface area (Å²) in [5.41, 5.74) is 0. The molecule has 0 saturated heterocycles. The van der Waals surface area contributed by atoms with Gasteiger partial charge in [-0.1, -0.05) is 27.2 Å². The van der Waals surface area contributed by atoms with E-state index in [-0.39, 0.29) is 0 Å². The molecule has 0 fully saturated rings. The minimum absolute atomic E-state index is 0.693. The largest absolute Gasteiger partial charge is 0.435 e. The molecule has 56 valence electrons. The Morgan fingerprint density at radius 3 is 2.33 bits per heavy atom. The quantitative estimate of drug-likeness (QED) is 0.599. The van der Waals surface area contributed by atoms with Gasteiger partial charge in [-0.3, -0.25) is 0 Å². The van der Waals surface area contributed by atoms with E-state index < -0.39 is 9.04 Å². The van der Waals surface area contributed by atoms with Crippen LogP contribution < -0.4 is 0 Å². The Hall–Kier alpha value is 0.177. The third kappa shape index (κ3) is 6.06. The molecule has 1 atom stereocenters. The molecule has 0 aromatic heterocycles. The van der Waals surface area contributed by atoms with Crippen molar-refractivity contribution in [1.82, 2.24) is 0 Å². The van der Waals surface area contributed by atoms with Gasteiger partial charge in [0.1, 0.15) is 0 Å². The molecule has 0 aliphatic carbocycles. The molecular formula is C7H18OSi. The first-order valence-electron chi connectivity index (χ1n) is 3.84. The summed E-state index contributed by atoms with van der Waals surface area (Å²) in [5.74, 6) is 0.693. The van der Waals surface area contributed by atoms with Crippen molar-refractivity contribution < 1.29 is 4.80 Å². The van der Waals surface area contributed by atoms with E-state index in [2.05, 4.69) is 20.8 Å². The summed E-state index contributed by atoms with van der Waals surface area (Å²) >= 11 is 0. The average molecular weight is 146 g/mol. The van der Waals surface area contributed by atoms with Crippen LogP contribution in [0.2, 0.25) is 12.1 Å². The van der Waals surface area contributed by atoms with Crippen LogP contribution in [-0.4, -0.2) is 13.8 Å². The van der Waals surface area contributed by atoms with E-state index in [9.17, 15) is 4.80 Å². The van der Waals surface area contributed by atoms with Crippen LogP contribution in [0, 0.1) is 5.92 Å².